The molecule has 152 valence electrons. The molecule has 0 bridgehead atoms. The van der Waals surface area contributed by atoms with Crippen molar-refractivity contribution in [3.05, 3.63) is 41.5 Å². The molecule has 1 aromatic carbocycles. The lowest BCUT2D eigenvalue weighted by atomic mass is 9.78. The van der Waals surface area contributed by atoms with E-state index in [0.717, 1.165) is 37.3 Å². The Morgan fingerprint density at radius 1 is 1.00 bits per heavy atom. The molecule has 0 aliphatic heterocycles. The molecule has 0 heterocycles. The predicted molar refractivity (Wildman–Crippen MR) is 100 cm³/mol. The number of unbranched alkanes of at least 4 members (excludes halogenated alkanes) is 2. The van der Waals surface area contributed by atoms with Crippen molar-refractivity contribution < 1.29 is 22.3 Å². The molecule has 1 nitrogen and oxygen atoms in total. The summed E-state index contributed by atoms with van der Waals surface area (Å²) in [5.74, 6) is -1.73. The number of aryl methyl sites for hydroxylation is 1. The van der Waals surface area contributed by atoms with Gasteiger partial charge in [-0.1, -0.05) is 50.7 Å². The van der Waals surface area contributed by atoms with Crippen LogP contribution >= 0.6 is 0 Å². The second kappa shape index (κ2) is 11.4. The highest BCUT2D eigenvalue weighted by Gasteiger charge is 2.21. The maximum atomic E-state index is 13.8. The highest BCUT2D eigenvalue weighted by molar-refractivity contribution is 5.31. The van der Waals surface area contributed by atoms with Crippen molar-refractivity contribution in [2.75, 3.05) is 0 Å². The van der Waals surface area contributed by atoms with Gasteiger partial charge in [0.15, 0.2) is 17.4 Å². The quantitative estimate of drug-likeness (QED) is 0.231. The summed E-state index contributed by atoms with van der Waals surface area (Å²) >= 11 is 0. The van der Waals surface area contributed by atoms with Crippen LogP contribution in [0, 0.1) is 23.5 Å². The summed E-state index contributed by atoms with van der Waals surface area (Å²) in [6.45, 7) is -1.19. The Morgan fingerprint density at radius 2 is 1.59 bits per heavy atom. The van der Waals surface area contributed by atoms with Crippen molar-refractivity contribution >= 4 is 0 Å². The number of hydrogen-bond donors (Lipinski definition) is 0. The van der Waals surface area contributed by atoms with Crippen LogP contribution in [0.4, 0.5) is 17.6 Å². The first-order valence-electron chi connectivity index (χ1n) is 10.0. The van der Waals surface area contributed by atoms with Gasteiger partial charge in [0, 0.05) is 0 Å². The van der Waals surface area contributed by atoms with Crippen molar-refractivity contribution in [1.29, 1.82) is 0 Å². The number of benzene rings is 1. The Hall–Kier alpha value is -1.52. The molecule has 27 heavy (non-hydrogen) atoms. The first-order valence-corrected chi connectivity index (χ1v) is 10.0. The van der Waals surface area contributed by atoms with Gasteiger partial charge < -0.3 is 4.74 Å². The number of rotatable bonds is 10. The second-order valence-corrected chi connectivity index (χ2v) is 7.55. The van der Waals surface area contributed by atoms with Crippen LogP contribution < -0.4 is 4.74 Å². The number of ether oxygens (including phenoxy) is 1. The van der Waals surface area contributed by atoms with Gasteiger partial charge in [-0.3, -0.25) is 0 Å². The topological polar surface area (TPSA) is 9.23 Å². The Bertz CT molecular complexity index is 569. The molecule has 0 radical (unpaired) electrons. The van der Waals surface area contributed by atoms with E-state index in [1.807, 2.05) is 0 Å². The summed E-state index contributed by atoms with van der Waals surface area (Å²) in [5, 5.41) is 0. The normalized spacial score (nSPS) is 20.5. The van der Waals surface area contributed by atoms with E-state index in [9.17, 15) is 17.6 Å². The lowest BCUT2D eigenvalue weighted by molar-refractivity contribution is -0.0546. The van der Waals surface area contributed by atoms with Crippen LogP contribution in [0.1, 0.15) is 70.3 Å². The molecular formula is C22H30F4O. The van der Waals surface area contributed by atoms with E-state index < -0.39 is 24.0 Å². The molecule has 5 heteroatoms. The van der Waals surface area contributed by atoms with Gasteiger partial charge in [0.1, 0.15) is 0 Å². The Balaban J connectivity index is 1.72. The van der Waals surface area contributed by atoms with E-state index in [4.69, 9.17) is 0 Å². The molecule has 0 aromatic heterocycles. The first kappa shape index (κ1) is 21.8. The van der Waals surface area contributed by atoms with Crippen molar-refractivity contribution in [2.24, 2.45) is 11.8 Å². The molecule has 0 N–H and O–H groups in total. The van der Waals surface area contributed by atoms with Crippen molar-refractivity contribution in [1.82, 2.24) is 0 Å². The summed E-state index contributed by atoms with van der Waals surface area (Å²) in [6, 6.07) is 2.22. The second-order valence-electron chi connectivity index (χ2n) is 7.55. The SMILES string of the molecule is C/C=C/CCCCC1CCC(CCc2cc(F)c(OC(F)F)c(F)c2)CC1. The predicted octanol–water partition coefficient (Wildman–Crippen LogP) is 7.44. The summed E-state index contributed by atoms with van der Waals surface area (Å²) in [7, 11) is 0. The lowest BCUT2D eigenvalue weighted by Crippen LogP contribution is -2.15. The molecule has 2 rings (SSSR count). The summed E-state index contributed by atoms with van der Waals surface area (Å²) < 4.78 is 55.8. The standard InChI is InChI=1S/C22H30F4O/c1-2-3-4-5-6-7-16-8-10-17(11-9-16)12-13-18-14-19(23)21(20(24)15-18)27-22(25)26/h2-3,14-17,22H,4-13H2,1H3/b3-2+. The average molecular weight is 386 g/mol. The first-order chi connectivity index (χ1) is 13.0. The average Bonchev–Trinajstić information content (AvgIpc) is 2.63. The maximum Gasteiger partial charge on any atom is 0.387 e. The minimum absolute atomic E-state index is 0.498. The van der Waals surface area contributed by atoms with Crippen LogP contribution in [0.25, 0.3) is 0 Å². The number of halogens is 4. The zero-order valence-electron chi connectivity index (χ0n) is 16.0. The molecule has 0 saturated heterocycles. The van der Waals surface area contributed by atoms with Gasteiger partial charge in [0.2, 0.25) is 0 Å². The minimum Gasteiger partial charge on any atom is -0.429 e. The summed E-state index contributed by atoms with van der Waals surface area (Å²) in [6.07, 6.45) is 15.6. The molecule has 0 spiro atoms. The van der Waals surface area contributed by atoms with Gasteiger partial charge >= 0.3 is 6.61 Å². The molecule has 0 amide bonds. The maximum absolute atomic E-state index is 13.8. The van der Waals surface area contributed by atoms with E-state index in [2.05, 4.69) is 23.8 Å². The fourth-order valence-electron chi connectivity index (χ4n) is 4.00. The number of allylic oxidation sites excluding steroid dienone is 2. The Morgan fingerprint density at radius 3 is 2.15 bits per heavy atom. The molecule has 1 aliphatic carbocycles. The third-order valence-corrected chi connectivity index (χ3v) is 5.54. The van der Waals surface area contributed by atoms with Gasteiger partial charge in [-0.2, -0.15) is 8.78 Å². The van der Waals surface area contributed by atoms with Crippen molar-refractivity contribution in [2.45, 2.75) is 77.7 Å². The van der Waals surface area contributed by atoms with Crippen LogP contribution in [0.5, 0.6) is 5.75 Å². The van der Waals surface area contributed by atoms with E-state index in [1.54, 1.807) is 0 Å². The third-order valence-electron chi connectivity index (χ3n) is 5.54. The summed E-state index contributed by atoms with van der Waals surface area (Å²) in [4.78, 5) is 0. The monoisotopic (exact) mass is 386 g/mol. The van der Waals surface area contributed by atoms with Crippen LogP contribution in [0.15, 0.2) is 24.3 Å². The van der Waals surface area contributed by atoms with Gasteiger partial charge in [-0.05, 0) is 62.1 Å². The van der Waals surface area contributed by atoms with E-state index in [-0.39, 0.29) is 0 Å². The highest BCUT2D eigenvalue weighted by Crippen LogP contribution is 2.35. The lowest BCUT2D eigenvalue weighted by Gasteiger charge is -2.28. The van der Waals surface area contributed by atoms with Gasteiger partial charge in [-0.15, -0.1) is 0 Å². The third kappa shape index (κ3) is 7.55. The molecule has 0 unspecified atom stereocenters. The van der Waals surface area contributed by atoms with Gasteiger partial charge in [0.25, 0.3) is 0 Å². The number of alkyl halides is 2. The van der Waals surface area contributed by atoms with Gasteiger partial charge in [-0.25, -0.2) is 8.78 Å². The molecule has 1 aromatic rings. The van der Waals surface area contributed by atoms with Crippen LogP contribution in [0.2, 0.25) is 0 Å². The van der Waals surface area contributed by atoms with E-state index >= 15 is 0 Å². The smallest absolute Gasteiger partial charge is 0.387 e. The Labute approximate surface area is 159 Å². The molecule has 1 aliphatic rings. The fraction of sp³-hybridized carbons (Fsp3) is 0.636. The van der Waals surface area contributed by atoms with Crippen LogP contribution in [-0.4, -0.2) is 6.61 Å². The van der Waals surface area contributed by atoms with E-state index in [0.29, 0.717) is 17.9 Å². The zero-order chi connectivity index (χ0) is 19.6. The minimum atomic E-state index is -3.24. The zero-order valence-corrected chi connectivity index (χ0v) is 16.0. The molecule has 1 saturated carbocycles. The Kier molecular flexibility index (Phi) is 9.16. The van der Waals surface area contributed by atoms with Crippen molar-refractivity contribution in [3.63, 3.8) is 0 Å². The molecule has 1 fully saturated rings. The summed E-state index contributed by atoms with van der Waals surface area (Å²) in [5.41, 5.74) is 0.498. The van der Waals surface area contributed by atoms with E-state index in [1.165, 1.54) is 38.5 Å². The highest BCUT2D eigenvalue weighted by atomic mass is 19.3. The van der Waals surface area contributed by atoms with Gasteiger partial charge in [0.05, 0.1) is 0 Å². The fourth-order valence-corrected chi connectivity index (χ4v) is 4.00. The largest absolute Gasteiger partial charge is 0.429 e. The van der Waals surface area contributed by atoms with Crippen LogP contribution in [0.3, 0.4) is 0 Å². The molecule has 0 atom stereocenters. The van der Waals surface area contributed by atoms with Crippen molar-refractivity contribution in [3.8, 4) is 5.75 Å². The van der Waals surface area contributed by atoms with Crippen LogP contribution in [-0.2, 0) is 6.42 Å². The molecular weight excluding hydrogens is 356 g/mol. The number of hydrogen-bond acceptors (Lipinski definition) is 1.